The summed E-state index contributed by atoms with van der Waals surface area (Å²) >= 11 is 0. The third kappa shape index (κ3) is 3.00. The number of likely N-dealkylation sites (N-methyl/N-ethyl adjacent to an activating group) is 1. The Morgan fingerprint density at radius 2 is 2.15 bits per heavy atom. The van der Waals surface area contributed by atoms with E-state index >= 15 is 0 Å². The largest absolute Gasteiger partial charge is 0.305 e. The average Bonchev–Trinajstić information content (AvgIpc) is 2.09. The summed E-state index contributed by atoms with van der Waals surface area (Å²) in [5, 5.41) is 0. The highest BCUT2D eigenvalue weighted by atomic mass is 15.0. The summed E-state index contributed by atoms with van der Waals surface area (Å²) in [7, 11) is 4.23. The molecule has 0 aromatic rings. The second-order valence-corrected chi connectivity index (χ2v) is 4.56. The molecule has 1 aliphatic carbocycles. The van der Waals surface area contributed by atoms with Crippen LogP contribution in [0.1, 0.15) is 26.7 Å². The molecule has 0 spiro atoms. The van der Waals surface area contributed by atoms with Crippen LogP contribution in [0.3, 0.4) is 0 Å². The summed E-state index contributed by atoms with van der Waals surface area (Å²) < 4.78 is 0. The maximum atomic E-state index is 2.38. The smallest absolute Gasteiger partial charge is 0.0224 e. The molecular formula is C12H21N. The minimum absolute atomic E-state index is 0.413. The number of allylic oxidation sites excluding steroid dienone is 2. The lowest BCUT2D eigenvalue weighted by atomic mass is 9.80. The van der Waals surface area contributed by atoms with E-state index in [1.807, 2.05) is 0 Å². The molecule has 0 bridgehead atoms. The van der Waals surface area contributed by atoms with Gasteiger partial charge in [0.05, 0.1) is 0 Å². The molecule has 1 unspecified atom stereocenters. The number of hydrogen-bond donors (Lipinski definition) is 0. The Morgan fingerprint density at radius 1 is 1.46 bits per heavy atom. The van der Waals surface area contributed by atoms with Gasteiger partial charge in [0.25, 0.3) is 0 Å². The number of nitrogens with zero attached hydrogens (tertiary/aromatic N) is 1. The molecule has 1 rings (SSSR count). The first-order valence-corrected chi connectivity index (χ1v) is 5.09. The van der Waals surface area contributed by atoms with Crippen molar-refractivity contribution in [3.05, 3.63) is 23.8 Å². The van der Waals surface area contributed by atoms with Crippen LogP contribution >= 0.6 is 0 Å². The Hall–Kier alpha value is -0.560. The summed E-state index contributed by atoms with van der Waals surface area (Å²) in [6.45, 7) is 5.65. The fourth-order valence-electron chi connectivity index (χ4n) is 1.55. The SMILES string of the molecule is CCC1(C)C=CC(CN(C)C)=CC1. The van der Waals surface area contributed by atoms with Gasteiger partial charge in [-0.15, -0.1) is 0 Å². The van der Waals surface area contributed by atoms with E-state index in [0.29, 0.717) is 5.41 Å². The van der Waals surface area contributed by atoms with E-state index in [4.69, 9.17) is 0 Å². The lowest BCUT2D eigenvalue weighted by Crippen LogP contribution is -2.18. The summed E-state index contributed by atoms with van der Waals surface area (Å²) in [5.41, 5.74) is 1.87. The van der Waals surface area contributed by atoms with E-state index in [9.17, 15) is 0 Å². The zero-order valence-electron chi connectivity index (χ0n) is 9.30. The van der Waals surface area contributed by atoms with Crippen molar-refractivity contribution in [2.75, 3.05) is 20.6 Å². The molecule has 1 atom stereocenters. The van der Waals surface area contributed by atoms with Crippen molar-refractivity contribution in [1.82, 2.24) is 4.90 Å². The summed E-state index contributed by atoms with van der Waals surface area (Å²) in [6, 6.07) is 0. The Balaban J connectivity index is 2.55. The van der Waals surface area contributed by atoms with Gasteiger partial charge in [0.2, 0.25) is 0 Å². The molecule has 74 valence electrons. The maximum Gasteiger partial charge on any atom is 0.0224 e. The van der Waals surface area contributed by atoms with E-state index in [0.717, 1.165) is 6.54 Å². The van der Waals surface area contributed by atoms with Crippen LogP contribution in [0.2, 0.25) is 0 Å². The number of rotatable bonds is 3. The molecule has 0 aromatic heterocycles. The van der Waals surface area contributed by atoms with Crippen LogP contribution in [-0.2, 0) is 0 Å². The van der Waals surface area contributed by atoms with E-state index in [2.05, 4.69) is 51.1 Å². The van der Waals surface area contributed by atoms with Crippen LogP contribution in [0.15, 0.2) is 23.8 Å². The topological polar surface area (TPSA) is 3.24 Å². The van der Waals surface area contributed by atoms with E-state index in [-0.39, 0.29) is 0 Å². The van der Waals surface area contributed by atoms with Crippen molar-refractivity contribution in [1.29, 1.82) is 0 Å². The van der Waals surface area contributed by atoms with Gasteiger partial charge in [0.15, 0.2) is 0 Å². The first-order valence-electron chi connectivity index (χ1n) is 5.09. The fourth-order valence-corrected chi connectivity index (χ4v) is 1.55. The quantitative estimate of drug-likeness (QED) is 0.644. The monoisotopic (exact) mass is 179 g/mol. The van der Waals surface area contributed by atoms with Crippen LogP contribution in [-0.4, -0.2) is 25.5 Å². The van der Waals surface area contributed by atoms with Crippen LogP contribution in [0, 0.1) is 5.41 Å². The van der Waals surface area contributed by atoms with E-state index in [1.54, 1.807) is 0 Å². The summed E-state index contributed by atoms with van der Waals surface area (Å²) in [6.07, 6.45) is 9.46. The first-order chi connectivity index (χ1) is 6.06. The lowest BCUT2D eigenvalue weighted by molar-refractivity contribution is 0.403. The molecule has 0 aliphatic heterocycles. The van der Waals surface area contributed by atoms with Gasteiger partial charge in [-0.25, -0.2) is 0 Å². The highest BCUT2D eigenvalue weighted by Gasteiger charge is 2.19. The molecule has 13 heavy (non-hydrogen) atoms. The molecule has 0 fully saturated rings. The highest BCUT2D eigenvalue weighted by molar-refractivity contribution is 5.27. The van der Waals surface area contributed by atoms with Gasteiger partial charge in [0.1, 0.15) is 0 Å². The van der Waals surface area contributed by atoms with Crippen LogP contribution < -0.4 is 0 Å². The molecule has 0 radical (unpaired) electrons. The zero-order valence-corrected chi connectivity index (χ0v) is 9.30. The minimum Gasteiger partial charge on any atom is -0.305 e. The second-order valence-electron chi connectivity index (χ2n) is 4.56. The molecule has 1 heteroatoms. The molecule has 0 aromatic carbocycles. The third-order valence-corrected chi connectivity index (χ3v) is 2.84. The Bertz CT molecular complexity index is 225. The molecule has 1 aliphatic rings. The average molecular weight is 179 g/mol. The molecule has 0 amide bonds. The zero-order chi connectivity index (χ0) is 9.90. The van der Waals surface area contributed by atoms with Crippen molar-refractivity contribution in [2.45, 2.75) is 26.7 Å². The van der Waals surface area contributed by atoms with Crippen LogP contribution in [0.4, 0.5) is 0 Å². The van der Waals surface area contributed by atoms with Gasteiger partial charge in [-0.3, -0.25) is 0 Å². The molecule has 0 N–H and O–H groups in total. The molecule has 0 saturated carbocycles. The molecule has 0 heterocycles. The Morgan fingerprint density at radius 3 is 2.54 bits per heavy atom. The van der Waals surface area contributed by atoms with Gasteiger partial charge in [-0.2, -0.15) is 0 Å². The van der Waals surface area contributed by atoms with Gasteiger partial charge in [-0.1, -0.05) is 32.1 Å². The van der Waals surface area contributed by atoms with Crippen molar-refractivity contribution in [3.63, 3.8) is 0 Å². The standard InChI is InChI=1S/C12H21N/c1-5-12(2)8-6-11(7-9-12)10-13(3)4/h6-8H,5,9-10H2,1-4H3. The van der Waals surface area contributed by atoms with E-state index < -0.39 is 0 Å². The Kier molecular flexibility index (Phi) is 3.32. The van der Waals surface area contributed by atoms with Crippen molar-refractivity contribution in [2.24, 2.45) is 5.41 Å². The predicted octanol–water partition coefficient (Wildman–Crippen LogP) is 2.85. The van der Waals surface area contributed by atoms with Crippen LogP contribution in [0.5, 0.6) is 0 Å². The summed E-state index contributed by atoms with van der Waals surface area (Å²) in [4.78, 5) is 2.21. The molecule has 0 saturated heterocycles. The fraction of sp³-hybridized carbons (Fsp3) is 0.667. The van der Waals surface area contributed by atoms with Crippen molar-refractivity contribution in [3.8, 4) is 0 Å². The van der Waals surface area contributed by atoms with Gasteiger partial charge >= 0.3 is 0 Å². The predicted molar refractivity (Wildman–Crippen MR) is 58.8 cm³/mol. The second kappa shape index (κ2) is 4.10. The number of hydrogen-bond acceptors (Lipinski definition) is 1. The van der Waals surface area contributed by atoms with Crippen molar-refractivity contribution >= 4 is 0 Å². The third-order valence-electron chi connectivity index (χ3n) is 2.84. The van der Waals surface area contributed by atoms with Crippen molar-refractivity contribution < 1.29 is 0 Å². The minimum atomic E-state index is 0.413. The maximum absolute atomic E-state index is 2.38. The normalized spacial score (nSPS) is 27.9. The summed E-state index contributed by atoms with van der Waals surface area (Å²) in [5.74, 6) is 0. The van der Waals surface area contributed by atoms with E-state index in [1.165, 1.54) is 18.4 Å². The molecular weight excluding hydrogens is 158 g/mol. The van der Waals surface area contributed by atoms with Gasteiger partial charge in [0, 0.05) is 6.54 Å². The Labute approximate surface area is 82.1 Å². The first kappa shape index (κ1) is 10.5. The lowest BCUT2D eigenvalue weighted by Gasteiger charge is -2.27. The van der Waals surface area contributed by atoms with Crippen LogP contribution in [0.25, 0.3) is 0 Å². The van der Waals surface area contributed by atoms with Gasteiger partial charge in [-0.05, 0) is 37.9 Å². The molecule has 1 nitrogen and oxygen atoms in total. The highest BCUT2D eigenvalue weighted by Crippen LogP contribution is 2.32. The van der Waals surface area contributed by atoms with Gasteiger partial charge < -0.3 is 4.90 Å².